The Hall–Kier alpha value is -2.88. The first-order valence-electron chi connectivity index (χ1n) is 10.6. The van der Waals surface area contributed by atoms with E-state index < -0.39 is 0 Å². The number of fused-ring (bicyclic) bond motifs is 1. The molecule has 0 unspecified atom stereocenters. The van der Waals surface area contributed by atoms with Gasteiger partial charge in [0.25, 0.3) is 0 Å². The van der Waals surface area contributed by atoms with Crippen molar-refractivity contribution in [1.82, 2.24) is 10.3 Å². The van der Waals surface area contributed by atoms with E-state index in [0.29, 0.717) is 24.7 Å². The largest absolute Gasteiger partial charge is 0.383 e. The van der Waals surface area contributed by atoms with Crippen LogP contribution in [0.4, 0.5) is 5.82 Å². The van der Waals surface area contributed by atoms with E-state index in [9.17, 15) is 4.79 Å². The Kier molecular flexibility index (Phi) is 5.79. The van der Waals surface area contributed by atoms with Gasteiger partial charge in [-0.05, 0) is 66.6 Å². The number of rotatable bonds is 5. The van der Waals surface area contributed by atoms with Gasteiger partial charge in [0.05, 0.1) is 5.52 Å². The summed E-state index contributed by atoms with van der Waals surface area (Å²) in [6.45, 7) is 2.12. The highest BCUT2D eigenvalue weighted by atomic mass is 16.1. The Balaban J connectivity index is 1.51. The van der Waals surface area contributed by atoms with Crippen molar-refractivity contribution in [3.8, 4) is 11.1 Å². The maximum atomic E-state index is 12.4. The molecule has 0 aliphatic heterocycles. The molecule has 1 fully saturated rings. The number of anilines is 1. The first-order valence-corrected chi connectivity index (χ1v) is 10.6. The molecule has 1 aliphatic rings. The summed E-state index contributed by atoms with van der Waals surface area (Å²) in [5.74, 6) is 0.636. The number of aromatic nitrogens is 1. The van der Waals surface area contributed by atoms with Crippen molar-refractivity contribution >= 4 is 22.6 Å². The number of nitrogens with one attached hydrogen (secondary N) is 1. The Morgan fingerprint density at radius 2 is 1.90 bits per heavy atom. The van der Waals surface area contributed by atoms with E-state index in [0.717, 1.165) is 29.3 Å². The van der Waals surface area contributed by atoms with Crippen LogP contribution in [0.3, 0.4) is 0 Å². The van der Waals surface area contributed by atoms with Gasteiger partial charge >= 0.3 is 0 Å². The molecule has 0 saturated heterocycles. The van der Waals surface area contributed by atoms with Crippen LogP contribution < -0.4 is 11.1 Å². The summed E-state index contributed by atoms with van der Waals surface area (Å²) in [5.41, 5.74) is 11.7. The van der Waals surface area contributed by atoms with Crippen molar-refractivity contribution in [3.63, 3.8) is 0 Å². The van der Waals surface area contributed by atoms with Crippen LogP contribution in [0.5, 0.6) is 0 Å². The second-order valence-corrected chi connectivity index (χ2v) is 8.16. The van der Waals surface area contributed by atoms with Crippen LogP contribution in [-0.4, -0.2) is 16.9 Å². The van der Waals surface area contributed by atoms with Crippen molar-refractivity contribution in [3.05, 3.63) is 59.7 Å². The van der Waals surface area contributed by atoms with Crippen LogP contribution in [-0.2, 0) is 11.2 Å². The van der Waals surface area contributed by atoms with E-state index in [4.69, 9.17) is 5.73 Å². The molecule has 4 rings (SSSR count). The number of amides is 1. The SMILES string of the molecule is Cc1ccccc1-c1ccc2nc(N)c(CCC(=O)NC3CCCCC3)cc2c1. The van der Waals surface area contributed by atoms with Crippen molar-refractivity contribution in [2.75, 3.05) is 5.73 Å². The van der Waals surface area contributed by atoms with Crippen LogP contribution in [0.25, 0.3) is 22.0 Å². The van der Waals surface area contributed by atoms with Gasteiger partial charge in [-0.1, -0.05) is 49.6 Å². The average molecular weight is 388 g/mol. The molecule has 4 heteroatoms. The number of nitrogens with two attached hydrogens (primary N) is 1. The molecule has 1 aliphatic carbocycles. The molecule has 1 saturated carbocycles. The quantitative estimate of drug-likeness (QED) is 0.634. The molecule has 2 aromatic carbocycles. The highest BCUT2D eigenvalue weighted by Crippen LogP contribution is 2.28. The van der Waals surface area contributed by atoms with Gasteiger partial charge in [-0.25, -0.2) is 4.98 Å². The number of carbonyl (C=O) groups excluding carboxylic acids is 1. The second kappa shape index (κ2) is 8.64. The Labute approximate surface area is 172 Å². The molecule has 150 valence electrons. The fourth-order valence-electron chi connectivity index (χ4n) is 4.29. The van der Waals surface area contributed by atoms with Crippen molar-refractivity contribution in [1.29, 1.82) is 0 Å². The van der Waals surface area contributed by atoms with Gasteiger partial charge in [-0.15, -0.1) is 0 Å². The summed E-state index contributed by atoms with van der Waals surface area (Å²) in [4.78, 5) is 16.9. The van der Waals surface area contributed by atoms with Gasteiger partial charge < -0.3 is 11.1 Å². The summed E-state index contributed by atoms with van der Waals surface area (Å²) in [6, 6.07) is 17.1. The summed E-state index contributed by atoms with van der Waals surface area (Å²) in [5, 5.41) is 4.24. The van der Waals surface area contributed by atoms with Crippen molar-refractivity contribution in [2.45, 2.75) is 57.9 Å². The molecule has 0 spiro atoms. The number of carbonyl (C=O) groups is 1. The maximum absolute atomic E-state index is 12.4. The molecule has 29 heavy (non-hydrogen) atoms. The fraction of sp³-hybridized carbons (Fsp3) is 0.360. The average Bonchev–Trinajstić information content (AvgIpc) is 2.73. The van der Waals surface area contributed by atoms with Crippen LogP contribution in [0.1, 0.15) is 49.7 Å². The maximum Gasteiger partial charge on any atom is 0.220 e. The van der Waals surface area contributed by atoms with E-state index in [1.54, 1.807) is 0 Å². The van der Waals surface area contributed by atoms with E-state index in [1.807, 2.05) is 6.07 Å². The van der Waals surface area contributed by atoms with Crippen LogP contribution in [0, 0.1) is 6.92 Å². The fourth-order valence-corrected chi connectivity index (χ4v) is 4.29. The minimum atomic E-state index is 0.116. The normalized spacial score (nSPS) is 14.8. The molecular formula is C25H29N3O. The van der Waals surface area contributed by atoms with E-state index >= 15 is 0 Å². The minimum absolute atomic E-state index is 0.116. The molecule has 3 N–H and O–H groups in total. The second-order valence-electron chi connectivity index (χ2n) is 8.16. The van der Waals surface area contributed by atoms with Gasteiger partial charge in [-0.3, -0.25) is 4.79 Å². The minimum Gasteiger partial charge on any atom is -0.383 e. The number of nitrogens with zero attached hydrogens (tertiary/aromatic N) is 1. The highest BCUT2D eigenvalue weighted by Gasteiger charge is 2.16. The van der Waals surface area contributed by atoms with Crippen LogP contribution >= 0.6 is 0 Å². The molecule has 1 amide bonds. The third-order valence-corrected chi connectivity index (χ3v) is 5.97. The first-order chi connectivity index (χ1) is 14.1. The monoisotopic (exact) mass is 387 g/mol. The Bertz CT molecular complexity index is 1020. The smallest absolute Gasteiger partial charge is 0.220 e. The van der Waals surface area contributed by atoms with E-state index in [-0.39, 0.29) is 5.91 Å². The summed E-state index contributed by atoms with van der Waals surface area (Å²) in [7, 11) is 0. The molecule has 3 aromatic rings. The van der Waals surface area contributed by atoms with Crippen molar-refractivity contribution < 1.29 is 4.79 Å². The summed E-state index contributed by atoms with van der Waals surface area (Å²) < 4.78 is 0. The van der Waals surface area contributed by atoms with Crippen molar-refractivity contribution in [2.24, 2.45) is 0 Å². The lowest BCUT2D eigenvalue weighted by atomic mass is 9.95. The lowest BCUT2D eigenvalue weighted by Gasteiger charge is -2.22. The highest BCUT2D eigenvalue weighted by molar-refractivity contribution is 5.87. The lowest BCUT2D eigenvalue weighted by Crippen LogP contribution is -2.36. The molecule has 4 nitrogen and oxygen atoms in total. The zero-order valence-electron chi connectivity index (χ0n) is 17.1. The molecule has 1 heterocycles. The predicted molar refractivity (Wildman–Crippen MR) is 120 cm³/mol. The standard InChI is InChI=1S/C25H29N3O/c1-17-7-5-6-10-22(17)18-11-13-23-20(15-18)16-19(25(26)28-23)12-14-24(29)27-21-8-3-2-4-9-21/h5-7,10-11,13,15-16,21H,2-4,8-9,12,14H2,1H3,(H2,26,28)(H,27,29). The van der Waals surface area contributed by atoms with Gasteiger partial charge in [0, 0.05) is 17.8 Å². The first kappa shape index (κ1) is 19.4. The third-order valence-electron chi connectivity index (χ3n) is 5.97. The summed E-state index contributed by atoms with van der Waals surface area (Å²) in [6.07, 6.45) is 7.00. The number of benzene rings is 2. The van der Waals surface area contributed by atoms with Gasteiger partial charge in [-0.2, -0.15) is 0 Å². The van der Waals surface area contributed by atoms with E-state index in [2.05, 4.69) is 59.7 Å². The number of pyridine rings is 1. The molecule has 0 radical (unpaired) electrons. The Morgan fingerprint density at radius 3 is 2.69 bits per heavy atom. The third kappa shape index (κ3) is 4.58. The zero-order chi connectivity index (χ0) is 20.2. The lowest BCUT2D eigenvalue weighted by molar-refractivity contribution is -0.121. The van der Waals surface area contributed by atoms with E-state index in [1.165, 1.54) is 36.0 Å². The number of hydrogen-bond donors (Lipinski definition) is 2. The molecular weight excluding hydrogens is 358 g/mol. The van der Waals surface area contributed by atoms with Gasteiger partial charge in [0.15, 0.2) is 0 Å². The Morgan fingerprint density at radius 1 is 1.10 bits per heavy atom. The topological polar surface area (TPSA) is 68.0 Å². The van der Waals surface area contributed by atoms with Crippen LogP contribution in [0.2, 0.25) is 0 Å². The summed E-state index contributed by atoms with van der Waals surface area (Å²) >= 11 is 0. The van der Waals surface area contributed by atoms with Gasteiger partial charge in [0.1, 0.15) is 5.82 Å². The molecule has 1 aromatic heterocycles. The molecule has 0 atom stereocenters. The number of nitrogen functional groups attached to an aromatic ring is 1. The van der Waals surface area contributed by atoms with Gasteiger partial charge in [0.2, 0.25) is 5.91 Å². The predicted octanol–water partition coefficient (Wildman–Crippen LogP) is 5.17. The number of aryl methyl sites for hydroxylation is 2. The zero-order valence-corrected chi connectivity index (χ0v) is 17.1. The number of hydrogen-bond acceptors (Lipinski definition) is 3. The molecule has 0 bridgehead atoms. The van der Waals surface area contributed by atoms with Crippen LogP contribution in [0.15, 0.2) is 48.5 Å².